The highest BCUT2D eigenvalue weighted by atomic mass is 16.2. The van der Waals surface area contributed by atoms with Gasteiger partial charge in [0.25, 0.3) is 0 Å². The maximum absolute atomic E-state index is 12.1. The highest BCUT2D eigenvalue weighted by Crippen LogP contribution is 2.11. The van der Waals surface area contributed by atoms with Crippen LogP contribution in [0.3, 0.4) is 0 Å². The van der Waals surface area contributed by atoms with Gasteiger partial charge < -0.3 is 10.6 Å². The van der Waals surface area contributed by atoms with Crippen LogP contribution in [0.15, 0.2) is 0 Å². The van der Waals surface area contributed by atoms with Crippen LogP contribution >= 0.6 is 0 Å². The van der Waals surface area contributed by atoms with Gasteiger partial charge in [-0.15, -0.1) is 0 Å². The molecule has 2 N–H and O–H groups in total. The van der Waals surface area contributed by atoms with E-state index in [2.05, 4.69) is 18.7 Å². The van der Waals surface area contributed by atoms with E-state index in [1.54, 1.807) is 0 Å². The molecule has 0 saturated carbocycles. The number of nitrogens with two attached hydrogens (primary N) is 1. The third-order valence-electron chi connectivity index (χ3n) is 3.67. The standard InChI is InChI=1S/C13H27N3O/c1-3-12(4-2)16(10-7-14)11-13(17)15-8-5-6-9-15/h12H,3-11,14H2,1-2H3. The summed E-state index contributed by atoms with van der Waals surface area (Å²) in [6.07, 6.45) is 4.49. The van der Waals surface area contributed by atoms with Gasteiger partial charge in [-0.2, -0.15) is 0 Å². The molecule has 0 spiro atoms. The molecule has 1 amide bonds. The van der Waals surface area contributed by atoms with E-state index in [1.807, 2.05) is 4.90 Å². The van der Waals surface area contributed by atoms with E-state index in [9.17, 15) is 4.79 Å². The first-order valence-electron chi connectivity index (χ1n) is 6.94. The minimum Gasteiger partial charge on any atom is -0.342 e. The van der Waals surface area contributed by atoms with E-state index in [4.69, 9.17) is 5.73 Å². The van der Waals surface area contributed by atoms with Crippen LogP contribution in [0.2, 0.25) is 0 Å². The predicted octanol–water partition coefficient (Wildman–Crippen LogP) is 1.06. The second-order valence-electron chi connectivity index (χ2n) is 4.82. The van der Waals surface area contributed by atoms with E-state index in [1.165, 1.54) is 0 Å². The van der Waals surface area contributed by atoms with Crippen molar-refractivity contribution >= 4 is 5.91 Å². The molecule has 0 aromatic carbocycles. The Kier molecular flexibility index (Phi) is 6.52. The van der Waals surface area contributed by atoms with Crippen LogP contribution in [-0.2, 0) is 4.79 Å². The number of rotatable bonds is 7. The van der Waals surface area contributed by atoms with Crippen molar-refractivity contribution in [3.05, 3.63) is 0 Å². The topological polar surface area (TPSA) is 49.6 Å². The van der Waals surface area contributed by atoms with Crippen molar-refractivity contribution < 1.29 is 4.79 Å². The van der Waals surface area contributed by atoms with Crippen molar-refractivity contribution in [3.8, 4) is 0 Å². The largest absolute Gasteiger partial charge is 0.342 e. The Morgan fingerprint density at radius 3 is 2.35 bits per heavy atom. The lowest BCUT2D eigenvalue weighted by Crippen LogP contribution is -2.45. The van der Waals surface area contributed by atoms with Gasteiger partial charge in [-0.05, 0) is 25.7 Å². The van der Waals surface area contributed by atoms with Crippen LogP contribution in [0.1, 0.15) is 39.5 Å². The van der Waals surface area contributed by atoms with E-state index in [0.29, 0.717) is 19.1 Å². The monoisotopic (exact) mass is 241 g/mol. The average Bonchev–Trinajstić information content (AvgIpc) is 2.84. The molecule has 1 aliphatic heterocycles. The molecule has 1 aliphatic rings. The lowest BCUT2D eigenvalue weighted by atomic mass is 10.1. The molecule has 1 rings (SSSR count). The van der Waals surface area contributed by atoms with Crippen molar-refractivity contribution in [2.75, 3.05) is 32.7 Å². The van der Waals surface area contributed by atoms with Gasteiger partial charge in [-0.25, -0.2) is 0 Å². The van der Waals surface area contributed by atoms with E-state index < -0.39 is 0 Å². The van der Waals surface area contributed by atoms with Gasteiger partial charge in [0.05, 0.1) is 6.54 Å². The predicted molar refractivity (Wildman–Crippen MR) is 70.8 cm³/mol. The minimum atomic E-state index is 0.280. The highest BCUT2D eigenvalue weighted by Gasteiger charge is 2.23. The van der Waals surface area contributed by atoms with Gasteiger partial charge >= 0.3 is 0 Å². The second-order valence-corrected chi connectivity index (χ2v) is 4.82. The average molecular weight is 241 g/mol. The first-order chi connectivity index (χ1) is 8.22. The maximum atomic E-state index is 12.1. The Bertz CT molecular complexity index is 223. The molecule has 4 heteroatoms. The zero-order valence-electron chi connectivity index (χ0n) is 11.3. The smallest absolute Gasteiger partial charge is 0.236 e. The van der Waals surface area contributed by atoms with Crippen LogP contribution in [0.25, 0.3) is 0 Å². The molecule has 0 aromatic rings. The molecule has 1 fully saturated rings. The summed E-state index contributed by atoms with van der Waals surface area (Å²) in [5, 5.41) is 0. The zero-order valence-corrected chi connectivity index (χ0v) is 11.3. The molecule has 17 heavy (non-hydrogen) atoms. The summed E-state index contributed by atoms with van der Waals surface area (Å²) in [7, 11) is 0. The van der Waals surface area contributed by atoms with Crippen LogP contribution < -0.4 is 5.73 Å². The molecule has 100 valence electrons. The summed E-state index contributed by atoms with van der Waals surface area (Å²) in [6.45, 7) is 8.24. The van der Waals surface area contributed by atoms with Crippen LogP contribution in [0, 0.1) is 0 Å². The number of hydrogen-bond donors (Lipinski definition) is 1. The zero-order chi connectivity index (χ0) is 12.7. The van der Waals surface area contributed by atoms with Gasteiger partial charge in [0.2, 0.25) is 5.91 Å². The molecule has 1 heterocycles. The second kappa shape index (κ2) is 7.67. The lowest BCUT2D eigenvalue weighted by molar-refractivity contribution is -0.131. The van der Waals surface area contributed by atoms with E-state index >= 15 is 0 Å². The molecule has 0 atom stereocenters. The fourth-order valence-corrected chi connectivity index (χ4v) is 2.60. The highest BCUT2D eigenvalue weighted by molar-refractivity contribution is 5.78. The lowest BCUT2D eigenvalue weighted by Gasteiger charge is -2.30. The van der Waals surface area contributed by atoms with Crippen molar-refractivity contribution in [3.63, 3.8) is 0 Å². The Balaban J connectivity index is 2.49. The summed E-state index contributed by atoms with van der Waals surface area (Å²) < 4.78 is 0. The van der Waals surface area contributed by atoms with Gasteiger partial charge in [-0.1, -0.05) is 13.8 Å². The molecular weight excluding hydrogens is 214 g/mol. The summed E-state index contributed by atoms with van der Waals surface area (Å²) in [6, 6.07) is 0.491. The first kappa shape index (κ1) is 14.5. The maximum Gasteiger partial charge on any atom is 0.236 e. The molecule has 0 aliphatic carbocycles. The van der Waals surface area contributed by atoms with Crippen LogP contribution in [0.4, 0.5) is 0 Å². The van der Waals surface area contributed by atoms with Crippen molar-refractivity contribution in [1.29, 1.82) is 0 Å². The Hall–Kier alpha value is -0.610. The number of carbonyl (C=O) groups excluding carboxylic acids is 1. The molecule has 0 bridgehead atoms. The fourth-order valence-electron chi connectivity index (χ4n) is 2.60. The van der Waals surface area contributed by atoms with Crippen molar-refractivity contribution in [2.24, 2.45) is 5.73 Å². The van der Waals surface area contributed by atoms with E-state index in [0.717, 1.165) is 45.3 Å². The summed E-state index contributed by atoms with van der Waals surface area (Å²) >= 11 is 0. The number of amides is 1. The molecule has 0 aromatic heterocycles. The quantitative estimate of drug-likeness (QED) is 0.725. The first-order valence-corrected chi connectivity index (χ1v) is 6.94. The SMILES string of the molecule is CCC(CC)N(CCN)CC(=O)N1CCCC1. The van der Waals surface area contributed by atoms with Crippen LogP contribution in [0.5, 0.6) is 0 Å². The van der Waals surface area contributed by atoms with Gasteiger partial charge in [0, 0.05) is 32.2 Å². The molecular formula is C13H27N3O. The third kappa shape index (κ3) is 4.28. The van der Waals surface area contributed by atoms with E-state index in [-0.39, 0.29) is 5.91 Å². The minimum absolute atomic E-state index is 0.280. The Morgan fingerprint density at radius 2 is 1.88 bits per heavy atom. The molecule has 0 radical (unpaired) electrons. The van der Waals surface area contributed by atoms with Crippen molar-refractivity contribution in [1.82, 2.24) is 9.80 Å². The van der Waals surface area contributed by atoms with Crippen molar-refractivity contribution in [2.45, 2.75) is 45.6 Å². The van der Waals surface area contributed by atoms with Gasteiger partial charge in [0.1, 0.15) is 0 Å². The molecule has 4 nitrogen and oxygen atoms in total. The normalized spacial score (nSPS) is 16.2. The number of nitrogens with zero attached hydrogens (tertiary/aromatic N) is 2. The summed E-state index contributed by atoms with van der Waals surface area (Å²) in [5.74, 6) is 0.280. The third-order valence-corrected chi connectivity index (χ3v) is 3.67. The molecule has 1 saturated heterocycles. The fraction of sp³-hybridized carbons (Fsp3) is 0.923. The summed E-state index contributed by atoms with van der Waals surface area (Å²) in [5.41, 5.74) is 5.64. The number of hydrogen-bond acceptors (Lipinski definition) is 3. The van der Waals surface area contributed by atoms with Gasteiger partial charge in [0.15, 0.2) is 0 Å². The number of likely N-dealkylation sites (tertiary alicyclic amines) is 1. The van der Waals surface area contributed by atoms with Gasteiger partial charge in [-0.3, -0.25) is 9.69 Å². The Labute approximate surface area is 105 Å². The number of carbonyl (C=O) groups is 1. The summed E-state index contributed by atoms with van der Waals surface area (Å²) in [4.78, 5) is 16.4. The van der Waals surface area contributed by atoms with Crippen LogP contribution in [-0.4, -0.2) is 54.5 Å². The Morgan fingerprint density at radius 1 is 1.29 bits per heavy atom. The molecule has 0 unspecified atom stereocenters.